The number of rotatable bonds is 7. The highest BCUT2D eigenvalue weighted by molar-refractivity contribution is 6.45. The second-order valence-corrected chi connectivity index (χ2v) is 7.97. The molecule has 1 heterocycles. The summed E-state index contributed by atoms with van der Waals surface area (Å²) in [4.78, 5) is 11.7. The van der Waals surface area contributed by atoms with Crippen LogP contribution in [0.1, 0.15) is 69.3 Å². The fraction of sp³-hybridized carbons (Fsp3) is 0.650. The minimum absolute atomic E-state index is 0.157. The molecule has 1 atom stereocenters. The summed E-state index contributed by atoms with van der Waals surface area (Å²) in [6.07, 6.45) is 2.83. The zero-order valence-electron chi connectivity index (χ0n) is 17.0. The lowest BCUT2D eigenvalue weighted by Gasteiger charge is -2.32. The first kappa shape index (κ1) is 20.8. The van der Waals surface area contributed by atoms with E-state index in [1.807, 2.05) is 6.07 Å². The number of methoxy groups -OCH3 is 2. The molecule has 26 heavy (non-hydrogen) atoms. The lowest BCUT2D eigenvalue weighted by atomic mass is 9.80. The van der Waals surface area contributed by atoms with Gasteiger partial charge in [0, 0.05) is 0 Å². The van der Waals surface area contributed by atoms with Crippen molar-refractivity contribution in [3.63, 3.8) is 0 Å². The van der Waals surface area contributed by atoms with Gasteiger partial charge >= 0.3 is 13.1 Å². The molecule has 2 rings (SSSR count). The molecule has 0 aliphatic carbocycles. The van der Waals surface area contributed by atoms with E-state index in [4.69, 9.17) is 18.8 Å². The summed E-state index contributed by atoms with van der Waals surface area (Å²) >= 11 is 0. The van der Waals surface area contributed by atoms with Crippen molar-refractivity contribution in [2.45, 2.75) is 70.9 Å². The van der Waals surface area contributed by atoms with Crippen molar-refractivity contribution in [1.82, 2.24) is 0 Å². The maximum absolute atomic E-state index is 11.7. The molecule has 0 N–H and O–H groups in total. The number of hydrogen-bond acceptors (Lipinski definition) is 5. The van der Waals surface area contributed by atoms with E-state index in [0.717, 1.165) is 30.5 Å². The lowest BCUT2D eigenvalue weighted by molar-refractivity contribution is 0.00578. The number of carbonyl (C=O) groups is 1. The summed E-state index contributed by atoms with van der Waals surface area (Å²) in [6, 6.07) is 5.48. The maximum atomic E-state index is 11.7. The van der Waals surface area contributed by atoms with Crippen LogP contribution in [0.25, 0.3) is 0 Å². The minimum atomic E-state index is -0.358. The van der Waals surface area contributed by atoms with Crippen LogP contribution in [0.2, 0.25) is 6.32 Å². The van der Waals surface area contributed by atoms with Gasteiger partial charge in [-0.15, -0.1) is 0 Å². The van der Waals surface area contributed by atoms with E-state index >= 15 is 0 Å². The van der Waals surface area contributed by atoms with Gasteiger partial charge in [-0.25, -0.2) is 4.79 Å². The number of hydrogen-bond donors (Lipinski definition) is 0. The van der Waals surface area contributed by atoms with Gasteiger partial charge in [0.1, 0.15) is 5.75 Å². The van der Waals surface area contributed by atoms with Crippen LogP contribution in [0.15, 0.2) is 18.2 Å². The van der Waals surface area contributed by atoms with Crippen LogP contribution in [-0.2, 0) is 14.0 Å². The predicted octanol–water partition coefficient (Wildman–Crippen LogP) is 4.46. The van der Waals surface area contributed by atoms with Gasteiger partial charge in [0.15, 0.2) is 0 Å². The predicted molar refractivity (Wildman–Crippen MR) is 103 cm³/mol. The second-order valence-electron chi connectivity index (χ2n) is 7.97. The molecular weight excluding hydrogens is 331 g/mol. The molecule has 1 fully saturated rings. The average molecular weight is 362 g/mol. The zero-order chi connectivity index (χ0) is 19.5. The molecule has 0 amide bonds. The van der Waals surface area contributed by atoms with Crippen molar-refractivity contribution >= 4 is 13.1 Å². The highest BCUT2D eigenvalue weighted by Gasteiger charge is 2.50. The number of esters is 1. The fourth-order valence-electron chi connectivity index (χ4n) is 3.19. The molecule has 144 valence electrons. The van der Waals surface area contributed by atoms with Crippen LogP contribution in [0.5, 0.6) is 5.75 Å². The molecule has 6 heteroatoms. The molecule has 0 saturated carbocycles. The molecule has 1 aromatic rings. The van der Waals surface area contributed by atoms with Gasteiger partial charge in [-0.1, -0.05) is 19.4 Å². The van der Waals surface area contributed by atoms with Gasteiger partial charge in [-0.3, -0.25) is 0 Å². The topological polar surface area (TPSA) is 54.0 Å². The van der Waals surface area contributed by atoms with E-state index in [0.29, 0.717) is 11.5 Å². The summed E-state index contributed by atoms with van der Waals surface area (Å²) in [7, 11) is 2.84. The van der Waals surface area contributed by atoms with Crippen molar-refractivity contribution in [1.29, 1.82) is 0 Å². The Morgan fingerprint density at radius 1 is 1.15 bits per heavy atom. The number of ether oxygens (including phenoxy) is 2. The van der Waals surface area contributed by atoms with Crippen LogP contribution in [0.3, 0.4) is 0 Å². The van der Waals surface area contributed by atoms with E-state index in [-0.39, 0.29) is 24.3 Å². The Morgan fingerprint density at radius 2 is 1.77 bits per heavy atom. The Morgan fingerprint density at radius 3 is 2.31 bits per heavy atom. The van der Waals surface area contributed by atoms with Crippen LogP contribution in [-0.4, -0.2) is 38.5 Å². The molecule has 1 unspecified atom stereocenters. The summed E-state index contributed by atoms with van der Waals surface area (Å²) in [6.45, 7) is 10.5. The lowest BCUT2D eigenvalue weighted by Crippen LogP contribution is -2.41. The fourth-order valence-corrected chi connectivity index (χ4v) is 3.19. The largest absolute Gasteiger partial charge is 0.496 e. The molecule has 1 saturated heterocycles. The Kier molecular flexibility index (Phi) is 6.40. The average Bonchev–Trinajstić information content (AvgIpc) is 2.80. The Bertz CT molecular complexity index is 625. The molecule has 0 radical (unpaired) electrons. The third-order valence-corrected chi connectivity index (χ3v) is 5.56. The van der Waals surface area contributed by atoms with Gasteiger partial charge in [0.2, 0.25) is 0 Å². The van der Waals surface area contributed by atoms with Gasteiger partial charge in [0.25, 0.3) is 0 Å². The van der Waals surface area contributed by atoms with E-state index in [9.17, 15) is 4.79 Å². The van der Waals surface area contributed by atoms with E-state index in [1.165, 1.54) is 7.11 Å². The zero-order valence-corrected chi connectivity index (χ0v) is 17.0. The summed E-state index contributed by atoms with van der Waals surface area (Å²) in [5, 5.41) is 0. The first-order chi connectivity index (χ1) is 12.1. The smallest absolute Gasteiger partial charge is 0.457 e. The molecule has 1 aromatic carbocycles. The standard InChI is InChI=1S/C20H31BO5/c1-14(9-8-12-21-25-19(2,3)20(4,5)26-21)16-11-10-15(18(22)24-7)13-17(16)23-6/h10-11,13-14H,8-9,12H2,1-7H3. The summed E-state index contributed by atoms with van der Waals surface area (Å²) in [5.74, 6) is 0.665. The first-order valence-electron chi connectivity index (χ1n) is 9.23. The number of carbonyl (C=O) groups excluding carboxylic acids is 1. The molecule has 0 bridgehead atoms. The van der Waals surface area contributed by atoms with Crippen LogP contribution in [0.4, 0.5) is 0 Å². The van der Waals surface area contributed by atoms with Gasteiger partial charge < -0.3 is 18.8 Å². The highest BCUT2D eigenvalue weighted by Crippen LogP contribution is 2.39. The third kappa shape index (κ3) is 4.41. The minimum Gasteiger partial charge on any atom is -0.496 e. The van der Waals surface area contributed by atoms with Crippen molar-refractivity contribution in [3.8, 4) is 5.75 Å². The van der Waals surface area contributed by atoms with Crippen molar-refractivity contribution < 1.29 is 23.6 Å². The van der Waals surface area contributed by atoms with Crippen LogP contribution < -0.4 is 4.74 Å². The number of benzene rings is 1. The van der Waals surface area contributed by atoms with Crippen molar-refractivity contribution in [3.05, 3.63) is 29.3 Å². The molecule has 0 aromatic heterocycles. The maximum Gasteiger partial charge on any atom is 0.457 e. The summed E-state index contributed by atoms with van der Waals surface area (Å²) < 4.78 is 22.4. The Hall–Kier alpha value is -1.53. The molecule has 1 aliphatic rings. The van der Waals surface area contributed by atoms with E-state index < -0.39 is 0 Å². The molecule has 0 spiro atoms. The Labute approximate surface area is 157 Å². The third-order valence-electron chi connectivity index (χ3n) is 5.56. The highest BCUT2D eigenvalue weighted by atomic mass is 16.7. The molecule has 5 nitrogen and oxygen atoms in total. The van der Waals surface area contributed by atoms with Crippen molar-refractivity contribution in [2.75, 3.05) is 14.2 Å². The molecule has 1 aliphatic heterocycles. The van der Waals surface area contributed by atoms with Gasteiger partial charge in [0.05, 0.1) is 31.0 Å². The second kappa shape index (κ2) is 8.01. The quantitative estimate of drug-likeness (QED) is 0.530. The first-order valence-corrected chi connectivity index (χ1v) is 9.23. The SMILES string of the molecule is COC(=O)c1ccc(C(C)CCCB2OC(C)(C)C(C)(C)O2)c(OC)c1. The normalized spacial score (nSPS) is 19.3. The Balaban J connectivity index is 1.94. The van der Waals surface area contributed by atoms with Gasteiger partial charge in [-0.2, -0.15) is 0 Å². The van der Waals surface area contributed by atoms with E-state index in [2.05, 4.69) is 34.6 Å². The van der Waals surface area contributed by atoms with Crippen molar-refractivity contribution in [2.24, 2.45) is 0 Å². The molecular formula is C20H31BO5. The summed E-state index contributed by atoms with van der Waals surface area (Å²) in [5.41, 5.74) is 1.03. The van der Waals surface area contributed by atoms with Crippen LogP contribution >= 0.6 is 0 Å². The van der Waals surface area contributed by atoms with Crippen LogP contribution in [0, 0.1) is 0 Å². The van der Waals surface area contributed by atoms with Gasteiger partial charge in [-0.05, 0) is 64.1 Å². The monoisotopic (exact) mass is 362 g/mol. The van der Waals surface area contributed by atoms with E-state index in [1.54, 1.807) is 19.2 Å².